The molecule has 186 valence electrons. The van der Waals surface area contributed by atoms with Crippen LogP contribution in [0.1, 0.15) is 59.7 Å². The van der Waals surface area contributed by atoms with Crippen molar-refractivity contribution in [1.29, 1.82) is 0 Å². The van der Waals surface area contributed by atoms with E-state index in [1.54, 1.807) is 37.3 Å². The first-order valence-electron chi connectivity index (χ1n) is 11.8. The molecule has 3 amide bonds. The van der Waals surface area contributed by atoms with Crippen LogP contribution >= 0.6 is 0 Å². The highest BCUT2D eigenvalue weighted by atomic mass is 32.2. The number of imide groups is 1. The van der Waals surface area contributed by atoms with Crippen molar-refractivity contribution in [1.82, 2.24) is 9.21 Å². The molecule has 1 saturated heterocycles. The summed E-state index contributed by atoms with van der Waals surface area (Å²) < 4.78 is 33.2. The second kappa shape index (κ2) is 10.6. The Hall–Kier alpha value is -3.24. The van der Waals surface area contributed by atoms with Gasteiger partial charge in [0.25, 0.3) is 11.8 Å². The summed E-state index contributed by atoms with van der Waals surface area (Å²) in [7, 11) is -3.67. The fourth-order valence-electron chi connectivity index (χ4n) is 4.36. The number of nitrogens with one attached hydrogen (secondary N) is 1. The summed E-state index contributed by atoms with van der Waals surface area (Å²) in [5, 5.41) is 2.74. The van der Waals surface area contributed by atoms with Gasteiger partial charge in [-0.25, -0.2) is 8.42 Å². The minimum atomic E-state index is -3.67. The van der Waals surface area contributed by atoms with Crippen LogP contribution in [-0.4, -0.2) is 61.6 Å². The van der Waals surface area contributed by atoms with Gasteiger partial charge in [0.1, 0.15) is 5.75 Å². The van der Waals surface area contributed by atoms with E-state index < -0.39 is 10.0 Å². The van der Waals surface area contributed by atoms with Crippen molar-refractivity contribution >= 4 is 33.4 Å². The highest BCUT2D eigenvalue weighted by Crippen LogP contribution is 2.30. The Kier molecular flexibility index (Phi) is 7.51. The van der Waals surface area contributed by atoms with Crippen LogP contribution in [0.4, 0.5) is 5.69 Å². The van der Waals surface area contributed by atoms with Gasteiger partial charge in [-0.05, 0) is 56.5 Å². The van der Waals surface area contributed by atoms with E-state index in [4.69, 9.17) is 4.74 Å². The van der Waals surface area contributed by atoms with Crippen LogP contribution in [0.3, 0.4) is 0 Å². The number of sulfonamides is 1. The number of rotatable bonds is 9. The Morgan fingerprint density at radius 2 is 1.66 bits per heavy atom. The predicted octanol–water partition coefficient (Wildman–Crippen LogP) is 3.27. The first-order chi connectivity index (χ1) is 16.8. The minimum absolute atomic E-state index is 0.0437. The zero-order valence-corrected chi connectivity index (χ0v) is 20.5. The first kappa shape index (κ1) is 24.9. The largest absolute Gasteiger partial charge is 0.492 e. The van der Waals surface area contributed by atoms with Crippen molar-refractivity contribution in [2.45, 2.75) is 43.9 Å². The maximum absolute atomic E-state index is 13.1. The highest BCUT2D eigenvalue weighted by molar-refractivity contribution is 7.89. The number of ether oxygens (including phenoxy) is 1. The predicted molar refractivity (Wildman–Crippen MR) is 130 cm³/mol. The van der Waals surface area contributed by atoms with Crippen LogP contribution in [0, 0.1) is 0 Å². The van der Waals surface area contributed by atoms with Gasteiger partial charge >= 0.3 is 0 Å². The van der Waals surface area contributed by atoms with Gasteiger partial charge in [-0.3, -0.25) is 19.3 Å². The lowest BCUT2D eigenvalue weighted by Crippen LogP contribution is -2.35. The van der Waals surface area contributed by atoms with E-state index >= 15 is 0 Å². The van der Waals surface area contributed by atoms with Gasteiger partial charge in [0.15, 0.2) is 0 Å². The Bertz CT molecular complexity index is 1200. The molecule has 2 aromatic rings. The number of carbonyl (C=O) groups is 3. The number of hydrogen-bond donors (Lipinski definition) is 1. The molecule has 2 aliphatic rings. The van der Waals surface area contributed by atoms with Crippen LogP contribution in [0.5, 0.6) is 5.75 Å². The molecule has 4 rings (SSSR count). The van der Waals surface area contributed by atoms with Crippen LogP contribution in [0.2, 0.25) is 0 Å². The molecule has 0 bridgehead atoms. The van der Waals surface area contributed by atoms with Crippen LogP contribution < -0.4 is 10.1 Å². The molecule has 9 nitrogen and oxygen atoms in total. The Balaban J connectivity index is 1.41. The molecule has 1 fully saturated rings. The molecular weight excluding hydrogens is 470 g/mol. The molecule has 10 heteroatoms. The molecule has 2 aromatic carbocycles. The van der Waals surface area contributed by atoms with Gasteiger partial charge in [0, 0.05) is 26.1 Å². The third-order valence-electron chi connectivity index (χ3n) is 6.14. The smallest absolute Gasteiger partial charge is 0.261 e. The molecular formula is C25H29N3O6S. The standard InChI is InChI=1S/C25H29N3O6S/c1-2-34-22-13-12-18(35(32,33)27-14-6-3-7-15-27)17-21(22)26-23(29)11-8-16-28-24(30)19-9-4-5-10-20(19)25(28)31/h4-5,9-10,12-13,17H,2-3,6-8,11,14-16H2,1H3,(H,26,29). The molecule has 0 saturated carbocycles. The summed E-state index contributed by atoms with van der Waals surface area (Å²) >= 11 is 0. The van der Waals surface area contributed by atoms with Crippen LogP contribution in [-0.2, 0) is 14.8 Å². The number of hydrogen-bond acceptors (Lipinski definition) is 6. The summed E-state index contributed by atoms with van der Waals surface area (Å²) in [4.78, 5) is 38.9. The van der Waals surface area contributed by atoms with Crippen molar-refractivity contribution in [3.63, 3.8) is 0 Å². The molecule has 1 N–H and O–H groups in total. The van der Waals surface area contributed by atoms with E-state index in [1.807, 2.05) is 0 Å². The molecule has 0 unspecified atom stereocenters. The van der Waals surface area contributed by atoms with Crippen LogP contribution in [0.25, 0.3) is 0 Å². The average Bonchev–Trinajstić information content (AvgIpc) is 3.10. The van der Waals surface area contributed by atoms with E-state index in [2.05, 4.69) is 5.32 Å². The van der Waals surface area contributed by atoms with Crippen molar-refractivity contribution in [2.75, 3.05) is 31.6 Å². The molecule has 0 spiro atoms. The average molecular weight is 500 g/mol. The first-order valence-corrected chi connectivity index (χ1v) is 13.3. The lowest BCUT2D eigenvalue weighted by atomic mass is 10.1. The SMILES string of the molecule is CCOc1ccc(S(=O)(=O)N2CCCCC2)cc1NC(=O)CCCN1C(=O)c2ccccc2C1=O. The number of piperidine rings is 1. The zero-order valence-electron chi connectivity index (χ0n) is 19.7. The number of amides is 3. The van der Waals surface area contributed by atoms with E-state index in [0.29, 0.717) is 36.6 Å². The van der Waals surface area contributed by atoms with Crippen molar-refractivity contribution in [3.05, 3.63) is 53.6 Å². The van der Waals surface area contributed by atoms with Gasteiger partial charge < -0.3 is 10.1 Å². The zero-order chi connectivity index (χ0) is 25.0. The van der Waals surface area contributed by atoms with E-state index in [9.17, 15) is 22.8 Å². The second-order valence-electron chi connectivity index (χ2n) is 8.51. The summed E-state index contributed by atoms with van der Waals surface area (Å²) in [5.41, 5.74) is 1.01. The normalized spacial score (nSPS) is 16.3. The Morgan fingerprint density at radius 1 is 1.00 bits per heavy atom. The van der Waals surface area contributed by atoms with E-state index in [0.717, 1.165) is 24.2 Å². The maximum atomic E-state index is 13.1. The van der Waals surface area contributed by atoms with E-state index in [1.165, 1.54) is 16.4 Å². The van der Waals surface area contributed by atoms with Crippen molar-refractivity contribution in [2.24, 2.45) is 0 Å². The summed E-state index contributed by atoms with van der Waals surface area (Å²) in [6.45, 7) is 3.22. The maximum Gasteiger partial charge on any atom is 0.261 e. The summed E-state index contributed by atoms with van der Waals surface area (Å²) in [6, 6.07) is 11.1. The topological polar surface area (TPSA) is 113 Å². The van der Waals surface area contributed by atoms with Gasteiger partial charge in [-0.15, -0.1) is 0 Å². The number of anilines is 1. The monoisotopic (exact) mass is 499 g/mol. The Labute approximate surface area is 205 Å². The summed E-state index contributed by atoms with van der Waals surface area (Å²) in [5.74, 6) is -0.714. The molecule has 0 radical (unpaired) electrons. The molecule has 35 heavy (non-hydrogen) atoms. The highest BCUT2D eigenvalue weighted by Gasteiger charge is 2.34. The van der Waals surface area contributed by atoms with Gasteiger partial charge in [-0.2, -0.15) is 4.31 Å². The third kappa shape index (κ3) is 5.23. The van der Waals surface area contributed by atoms with Gasteiger partial charge in [-0.1, -0.05) is 18.6 Å². The minimum Gasteiger partial charge on any atom is -0.492 e. The van der Waals surface area contributed by atoms with Crippen molar-refractivity contribution < 1.29 is 27.5 Å². The van der Waals surface area contributed by atoms with E-state index in [-0.39, 0.29) is 47.7 Å². The second-order valence-corrected chi connectivity index (χ2v) is 10.5. The quantitative estimate of drug-likeness (QED) is 0.530. The van der Waals surface area contributed by atoms with Crippen molar-refractivity contribution in [3.8, 4) is 5.75 Å². The molecule has 0 aromatic heterocycles. The number of nitrogens with zero attached hydrogens (tertiary/aromatic N) is 2. The fraction of sp³-hybridized carbons (Fsp3) is 0.400. The fourth-order valence-corrected chi connectivity index (χ4v) is 5.90. The molecule has 2 heterocycles. The molecule has 2 aliphatic heterocycles. The molecule has 0 atom stereocenters. The molecule has 0 aliphatic carbocycles. The number of benzene rings is 2. The van der Waals surface area contributed by atoms with Crippen LogP contribution in [0.15, 0.2) is 47.4 Å². The van der Waals surface area contributed by atoms with Gasteiger partial charge in [0.05, 0.1) is 28.3 Å². The third-order valence-corrected chi connectivity index (χ3v) is 8.04. The lowest BCUT2D eigenvalue weighted by molar-refractivity contribution is -0.116. The summed E-state index contributed by atoms with van der Waals surface area (Å²) in [6.07, 6.45) is 2.98. The Morgan fingerprint density at radius 3 is 2.29 bits per heavy atom. The lowest BCUT2D eigenvalue weighted by Gasteiger charge is -2.26. The number of fused-ring (bicyclic) bond motifs is 1. The van der Waals surface area contributed by atoms with Gasteiger partial charge in [0.2, 0.25) is 15.9 Å². The number of carbonyl (C=O) groups excluding carboxylic acids is 3.